The third-order valence-electron chi connectivity index (χ3n) is 4.46. The second-order valence-electron chi connectivity index (χ2n) is 6.14. The van der Waals surface area contributed by atoms with E-state index >= 15 is 0 Å². The molecule has 2 aromatic rings. The standard InChI is InChI=1S/C19H20F2N2O2/c1-25-16-5-3-15(4-6-16)23-9-8-13(12-23)11-22-19(24)14-2-7-17(20)18(21)10-14/h2-7,10,13H,8-9,11-12H2,1H3,(H,22,24). The third kappa shape index (κ3) is 4.07. The lowest BCUT2D eigenvalue weighted by Gasteiger charge is -2.19. The number of nitrogens with one attached hydrogen (secondary N) is 1. The monoisotopic (exact) mass is 346 g/mol. The fourth-order valence-electron chi connectivity index (χ4n) is 3.00. The Morgan fingerprint density at radius 1 is 1.20 bits per heavy atom. The first kappa shape index (κ1) is 17.2. The molecule has 0 saturated carbocycles. The predicted octanol–water partition coefficient (Wildman–Crippen LogP) is 3.23. The molecule has 1 unspecified atom stereocenters. The van der Waals surface area contributed by atoms with Gasteiger partial charge in [0.05, 0.1) is 7.11 Å². The molecule has 0 aliphatic carbocycles. The summed E-state index contributed by atoms with van der Waals surface area (Å²) in [5.74, 6) is -1.22. The van der Waals surface area contributed by atoms with Gasteiger partial charge in [-0.1, -0.05) is 0 Å². The van der Waals surface area contributed by atoms with Crippen molar-refractivity contribution in [2.75, 3.05) is 31.6 Å². The molecule has 0 radical (unpaired) electrons. The lowest BCUT2D eigenvalue weighted by Crippen LogP contribution is -2.31. The molecule has 2 aromatic carbocycles. The number of rotatable bonds is 5. The van der Waals surface area contributed by atoms with Crippen LogP contribution in [0, 0.1) is 17.6 Å². The highest BCUT2D eigenvalue weighted by Crippen LogP contribution is 2.25. The van der Waals surface area contributed by atoms with Crippen LogP contribution in [0.25, 0.3) is 0 Å². The Labute approximate surface area is 145 Å². The number of hydrogen-bond acceptors (Lipinski definition) is 3. The minimum Gasteiger partial charge on any atom is -0.497 e. The predicted molar refractivity (Wildman–Crippen MR) is 92.0 cm³/mol. The van der Waals surface area contributed by atoms with E-state index in [0.717, 1.165) is 43.1 Å². The van der Waals surface area contributed by atoms with Crippen molar-refractivity contribution >= 4 is 11.6 Å². The molecule has 0 aromatic heterocycles. The van der Waals surface area contributed by atoms with Gasteiger partial charge in [0.25, 0.3) is 5.91 Å². The van der Waals surface area contributed by atoms with Gasteiger partial charge in [0.1, 0.15) is 5.75 Å². The summed E-state index contributed by atoms with van der Waals surface area (Å²) in [6.45, 7) is 2.26. The zero-order chi connectivity index (χ0) is 17.8. The molecule has 0 bridgehead atoms. The molecular weight excluding hydrogens is 326 g/mol. The number of methoxy groups -OCH3 is 1. The summed E-state index contributed by atoms with van der Waals surface area (Å²) >= 11 is 0. The van der Waals surface area contributed by atoms with E-state index < -0.39 is 11.6 Å². The maximum Gasteiger partial charge on any atom is 0.251 e. The van der Waals surface area contributed by atoms with Crippen LogP contribution >= 0.6 is 0 Å². The average Bonchev–Trinajstić information content (AvgIpc) is 3.11. The number of anilines is 1. The SMILES string of the molecule is COc1ccc(N2CCC(CNC(=O)c3ccc(F)c(F)c3)C2)cc1. The Balaban J connectivity index is 1.52. The summed E-state index contributed by atoms with van der Waals surface area (Å²) in [5.41, 5.74) is 1.25. The van der Waals surface area contributed by atoms with Gasteiger partial charge >= 0.3 is 0 Å². The Hall–Kier alpha value is -2.63. The fraction of sp³-hybridized carbons (Fsp3) is 0.316. The van der Waals surface area contributed by atoms with Crippen LogP contribution in [-0.2, 0) is 0 Å². The van der Waals surface area contributed by atoms with Gasteiger partial charge in [0, 0.05) is 30.9 Å². The van der Waals surface area contributed by atoms with Crippen LogP contribution in [0.4, 0.5) is 14.5 Å². The molecule has 3 rings (SSSR count). The summed E-state index contributed by atoms with van der Waals surface area (Å²) in [4.78, 5) is 14.3. The second kappa shape index (κ2) is 7.51. The van der Waals surface area contributed by atoms with Crippen LogP contribution in [0.1, 0.15) is 16.8 Å². The summed E-state index contributed by atoms with van der Waals surface area (Å²) in [7, 11) is 1.64. The smallest absolute Gasteiger partial charge is 0.251 e. The van der Waals surface area contributed by atoms with Crippen LogP contribution in [0.15, 0.2) is 42.5 Å². The summed E-state index contributed by atoms with van der Waals surface area (Å²) in [5, 5.41) is 2.80. The molecule has 1 N–H and O–H groups in total. The number of amides is 1. The average molecular weight is 346 g/mol. The quantitative estimate of drug-likeness (QED) is 0.904. The Morgan fingerprint density at radius 3 is 2.64 bits per heavy atom. The molecule has 25 heavy (non-hydrogen) atoms. The fourth-order valence-corrected chi connectivity index (χ4v) is 3.00. The van der Waals surface area contributed by atoms with Crippen molar-refractivity contribution in [3.05, 3.63) is 59.7 Å². The number of hydrogen-bond donors (Lipinski definition) is 1. The van der Waals surface area contributed by atoms with Gasteiger partial charge in [0.15, 0.2) is 11.6 Å². The van der Waals surface area contributed by atoms with Crippen molar-refractivity contribution in [2.45, 2.75) is 6.42 Å². The Bertz CT molecular complexity index is 750. The van der Waals surface area contributed by atoms with E-state index in [1.54, 1.807) is 7.11 Å². The van der Waals surface area contributed by atoms with Gasteiger partial charge in [-0.3, -0.25) is 4.79 Å². The van der Waals surface area contributed by atoms with Crippen LogP contribution in [-0.4, -0.2) is 32.7 Å². The molecule has 1 atom stereocenters. The lowest BCUT2D eigenvalue weighted by molar-refractivity contribution is 0.0947. The maximum atomic E-state index is 13.2. The van der Waals surface area contributed by atoms with E-state index in [1.165, 1.54) is 6.07 Å². The van der Waals surface area contributed by atoms with Crippen molar-refractivity contribution in [3.63, 3.8) is 0 Å². The molecule has 1 aliphatic rings. The molecule has 1 saturated heterocycles. The molecule has 1 heterocycles. The third-order valence-corrected chi connectivity index (χ3v) is 4.46. The molecule has 132 valence electrons. The van der Waals surface area contributed by atoms with E-state index in [0.29, 0.717) is 12.5 Å². The van der Waals surface area contributed by atoms with Gasteiger partial charge in [-0.2, -0.15) is 0 Å². The first-order valence-electron chi connectivity index (χ1n) is 8.19. The minimum absolute atomic E-state index is 0.129. The van der Waals surface area contributed by atoms with Crippen molar-refractivity contribution in [3.8, 4) is 5.75 Å². The zero-order valence-corrected chi connectivity index (χ0v) is 14.0. The van der Waals surface area contributed by atoms with E-state index in [-0.39, 0.29) is 11.5 Å². The molecule has 1 aliphatic heterocycles. The largest absolute Gasteiger partial charge is 0.497 e. The van der Waals surface area contributed by atoms with E-state index in [4.69, 9.17) is 4.74 Å². The van der Waals surface area contributed by atoms with Crippen LogP contribution < -0.4 is 15.0 Å². The number of carbonyl (C=O) groups excluding carboxylic acids is 1. The molecular formula is C19H20F2N2O2. The number of benzene rings is 2. The van der Waals surface area contributed by atoms with E-state index in [2.05, 4.69) is 10.2 Å². The highest BCUT2D eigenvalue weighted by Gasteiger charge is 2.23. The van der Waals surface area contributed by atoms with Gasteiger partial charge in [0.2, 0.25) is 0 Å². The highest BCUT2D eigenvalue weighted by atomic mass is 19.2. The van der Waals surface area contributed by atoms with Crippen LogP contribution in [0.2, 0.25) is 0 Å². The maximum absolute atomic E-state index is 13.2. The van der Waals surface area contributed by atoms with Crippen molar-refractivity contribution in [1.82, 2.24) is 5.32 Å². The number of carbonyl (C=O) groups is 1. The van der Waals surface area contributed by atoms with Gasteiger partial charge in [-0.25, -0.2) is 8.78 Å². The van der Waals surface area contributed by atoms with Crippen LogP contribution in [0.3, 0.4) is 0 Å². The molecule has 1 amide bonds. The second-order valence-corrected chi connectivity index (χ2v) is 6.14. The van der Waals surface area contributed by atoms with Crippen molar-refractivity contribution in [2.24, 2.45) is 5.92 Å². The van der Waals surface area contributed by atoms with Crippen molar-refractivity contribution in [1.29, 1.82) is 0 Å². The highest BCUT2D eigenvalue weighted by molar-refractivity contribution is 5.94. The minimum atomic E-state index is -1.01. The Kier molecular flexibility index (Phi) is 5.16. The Morgan fingerprint density at radius 2 is 1.96 bits per heavy atom. The first-order valence-corrected chi connectivity index (χ1v) is 8.19. The van der Waals surface area contributed by atoms with Gasteiger partial charge < -0.3 is 15.0 Å². The van der Waals surface area contributed by atoms with Gasteiger partial charge in [-0.15, -0.1) is 0 Å². The van der Waals surface area contributed by atoms with Crippen LogP contribution in [0.5, 0.6) is 5.75 Å². The molecule has 1 fully saturated rings. The summed E-state index contributed by atoms with van der Waals surface area (Å²) in [6.07, 6.45) is 0.962. The van der Waals surface area contributed by atoms with E-state index in [9.17, 15) is 13.6 Å². The molecule has 0 spiro atoms. The molecule has 4 nitrogen and oxygen atoms in total. The summed E-state index contributed by atoms with van der Waals surface area (Å²) < 4.78 is 31.3. The lowest BCUT2D eigenvalue weighted by atomic mass is 10.1. The number of halogens is 2. The topological polar surface area (TPSA) is 41.6 Å². The number of nitrogens with zero attached hydrogens (tertiary/aromatic N) is 1. The van der Waals surface area contributed by atoms with Crippen molar-refractivity contribution < 1.29 is 18.3 Å². The normalized spacial score (nSPS) is 16.8. The van der Waals surface area contributed by atoms with Gasteiger partial charge in [-0.05, 0) is 54.8 Å². The molecule has 6 heteroatoms. The zero-order valence-electron chi connectivity index (χ0n) is 14.0. The summed E-state index contributed by atoms with van der Waals surface area (Å²) in [6, 6.07) is 11.0. The van der Waals surface area contributed by atoms with E-state index in [1.807, 2.05) is 24.3 Å². The number of ether oxygens (including phenoxy) is 1. The first-order chi connectivity index (χ1) is 12.1.